The maximum atomic E-state index is 10.8. The SMILES string of the molecule is CC1(C)C2CCC1(C)C(NCc1ccc(C(=O)O)o1)C2. The number of rotatable bonds is 4. The molecular weight excluding hydrogens is 254 g/mol. The van der Waals surface area contributed by atoms with Crippen LogP contribution >= 0.6 is 0 Å². The topological polar surface area (TPSA) is 62.5 Å². The van der Waals surface area contributed by atoms with Crippen LogP contribution in [-0.4, -0.2) is 17.1 Å². The van der Waals surface area contributed by atoms with Crippen molar-refractivity contribution < 1.29 is 14.3 Å². The minimum Gasteiger partial charge on any atom is -0.475 e. The number of hydrogen-bond donors (Lipinski definition) is 2. The van der Waals surface area contributed by atoms with Gasteiger partial charge in [0.1, 0.15) is 5.76 Å². The Morgan fingerprint density at radius 3 is 2.70 bits per heavy atom. The maximum Gasteiger partial charge on any atom is 0.371 e. The molecule has 0 aromatic carbocycles. The highest BCUT2D eigenvalue weighted by molar-refractivity contribution is 5.84. The highest BCUT2D eigenvalue weighted by atomic mass is 16.4. The lowest BCUT2D eigenvalue weighted by Crippen LogP contribution is -2.44. The minimum atomic E-state index is -1.01. The van der Waals surface area contributed by atoms with Crippen molar-refractivity contribution in [2.75, 3.05) is 0 Å². The molecule has 2 saturated carbocycles. The van der Waals surface area contributed by atoms with Gasteiger partial charge in [0.15, 0.2) is 0 Å². The fourth-order valence-electron chi connectivity index (χ4n) is 4.32. The van der Waals surface area contributed by atoms with E-state index in [-0.39, 0.29) is 5.76 Å². The van der Waals surface area contributed by atoms with Crippen molar-refractivity contribution in [1.82, 2.24) is 5.32 Å². The molecule has 0 aliphatic heterocycles. The number of hydrogen-bond acceptors (Lipinski definition) is 3. The molecule has 1 heterocycles. The van der Waals surface area contributed by atoms with Gasteiger partial charge in [-0.15, -0.1) is 0 Å². The average molecular weight is 277 g/mol. The number of carboxylic acids is 1. The van der Waals surface area contributed by atoms with E-state index in [1.807, 2.05) is 0 Å². The van der Waals surface area contributed by atoms with E-state index in [1.165, 1.54) is 25.3 Å². The van der Waals surface area contributed by atoms with Gasteiger partial charge in [0.2, 0.25) is 5.76 Å². The van der Waals surface area contributed by atoms with Crippen molar-refractivity contribution >= 4 is 5.97 Å². The Balaban J connectivity index is 1.66. The van der Waals surface area contributed by atoms with Gasteiger partial charge in [0.05, 0.1) is 6.54 Å². The molecule has 0 radical (unpaired) electrons. The van der Waals surface area contributed by atoms with Crippen LogP contribution in [0.3, 0.4) is 0 Å². The van der Waals surface area contributed by atoms with Gasteiger partial charge in [-0.3, -0.25) is 0 Å². The van der Waals surface area contributed by atoms with E-state index in [9.17, 15) is 4.79 Å². The highest BCUT2D eigenvalue weighted by Gasteiger charge is 2.60. The molecule has 3 unspecified atom stereocenters. The molecule has 2 bridgehead atoms. The molecule has 4 heteroatoms. The third-order valence-corrected chi connectivity index (χ3v) is 6.19. The lowest BCUT2D eigenvalue weighted by atomic mass is 9.69. The zero-order valence-corrected chi connectivity index (χ0v) is 12.4. The summed E-state index contributed by atoms with van der Waals surface area (Å²) in [6.07, 6.45) is 3.84. The zero-order chi connectivity index (χ0) is 14.5. The second-order valence-electron chi connectivity index (χ2n) is 7.12. The normalized spacial score (nSPS) is 34.5. The van der Waals surface area contributed by atoms with Crippen LogP contribution < -0.4 is 5.32 Å². The van der Waals surface area contributed by atoms with Crippen LogP contribution in [0, 0.1) is 16.7 Å². The molecule has 20 heavy (non-hydrogen) atoms. The van der Waals surface area contributed by atoms with E-state index in [4.69, 9.17) is 9.52 Å². The maximum absolute atomic E-state index is 10.8. The Morgan fingerprint density at radius 1 is 1.45 bits per heavy atom. The molecule has 110 valence electrons. The van der Waals surface area contributed by atoms with Gasteiger partial charge >= 0.3 is 5.97 Å². The van der Waals surface area contributed by atoms with Gasteiger partial charge in [-0.05, 0) is 48.1 Å². The molecule has 2 N–H and O–H groups in total. The molecule has 2 aliphatic rings. The minimum absolute atomic E-state index is 0.0151. The number of furan rings is 1. The summed E-state index contributed by atoms with van der Waals surface area (Å²) in [5.41, 5.74) is 0.722. The second kappa shape index (κ2) is 4.35. The third kappa shape index (κ3) is 1.81. The summed E-state index contributed by atoms with van der Waals surface area (Å²) in [4.78, 5) is 10.8. The molecule has 3 rings (SSSR count). The molecule has 0 spiro atoms. The van der Waals surface area contributed by atoms with Crippen LogP contribution in [0.1, 0.15) is 56.3 Å². The lowest BCUT2D eigenvalue weighted by Gasteiger charge is -2.39. The van der Waals surface area contributed by atoms with E-state index in [0.717, 1.165) is 5.92 Å². The smallest absolute Gasteiger partial charge is 0.371 e. The second-order valence-corrected chi connectivity index (χ2v) is 7.12. The first-order chi connectivity index (χ1) is 9.34. The summed E-state index contributed by atoms with van der Waals surface area (Å²) in [6.45, 7) is 7.78. The number of carbonyl (C=O) groups is 1. The van der Waals surface area contributed by atoms with Crippen molar-refractivity contribution in [3.8, 4) is 0 Å². The molecule has 3 atom stereocenters. The van der Waals surface area contributed by atoms with Crippen LogP contribution in [0.2, 0.25) is 0 Å². The third-order valence-electron chi connectivity index (χ3n) is 6.19. The van der Waals surface area contributed by atoms with Gasteiger partial charge in [-0.25, -0.2) is 4.79 Å². The largest absolute Gasteiger partial charge is 0.475 e. The summed E-state index contributed by atoms with van der Waals surface area (Å²) in [6, 6.07) is 3.76. The Kier molecular flexibility index (Phi) is 2.98. The molecular formula is C16H23NO3. The number of nitrogens with one attached hydrogen (secondary N) is 1. The van der Waals surface area contributed by atoms with E-state index in [2.05, 4.69) is 26.1 Å². The Bertz CT molecular complexity index is 534. The summed E-state index contributed by atoms with van der Waals surface area (Å²) in [7, 11) is 0. The van der Waals surface area contributed by atoms with Crippen LogP contribution in [0.15, 0.2) is 16.5 Å². The molecule has 2 fully saturated rings. The summed E-state index contributed by atoms with van der Waals surface area (Å²) in [5.74, 6) is 0.508. The van der Waals surface area contributed by atoms with Gasteiger partial charge in [-0.1, -0.05) is 20.8 Å². The standard InChI is InChI=1S/C16H23NO3/c1-15(2)10-6-7-16(15,3)13(8-10)17-9-11-4-5-12(20-11)14(18)19/h4-5,10,13,17H,6-9H2,1-3H3,(H,18,19). The fraction of sp³-hybridized carbons (Fsp3) is 0.688. The molecule has 0 amide bonds. The van der Waals surface area contributed by atoms with E-state index < -0.39 is 5.97 Å². The number of aromatic carboxylic acids is 1. The van der Waals surface area contributed by atoms with Crippen LogP contribution in [0.5, 0.6) is 0 Å². The molecule has 4 nitrogen and oxygen atoms in total. The van der Waals surface area contributed by atoms with Crippen molar-refractivity contribution in [2.24, 2.45) is 16.7 Å². The van der Waals surface area contributed by atoms with Crippen molar-refractivity contribution in [3.05, 3.63) is 23.7 Å². The quantitative estimate of drug-likeness (QED) is 0.886. The van der Waals surface area contributed by atoms with Crippen molar-refractivity contribution in [3.63, 3.8) is 0 Å². The Hall–Kier alpha value is -1.29. The molecule has 1 aromatic heterocycles. The monoisotopic (exact) mass is 277 g/mol. The first-order valence-electron chi connectivity index (χ1n) is 7.40. The van der Waals surface area contributed by atoms with E-state index in [0.29, 0.717) is 29.2 Å². The summed E-state index contributed by atoms with van der Waals surface area (Å²) >= 11 is 0. The summed E-state index contributed by atoms with van der Waals surface area (Å²) < 4.78 is 5.31. The predicted octanol–water partition coefficient (Wildman–Crippen LogP) is 3.28. The Morgan fingerprint density at radius 2 is 2.20 bits per heavy atom. The zero-order valence-electron chi connectivity index (χ0n) is 12.4. The Labute approximate surface area is 119 Å². The lowest BCUT2D eigenvalue weighted by molar-refractivity contribution is 0.0659. The first-order valence-corrected chi connectivity index (χ1v) is 7.40. The molecule has 1 aromatic rings. The van der Waals surface area contributed by atoms with Gasteiger partial charge in [-0.2, -0.15) is 0 Å². The highest BCUT2D eigenvalue weighted by Crippen LogP contribution is 2.65. The van der Waals surface area contributed by atoms with Gasteiger partial charge in [0.25, 0.3) is 0 Å². The fourth-order valence-corrected chi connectivity index (χ4v) is 4.32. The van der Waals surface area contributed by atoms with Crippen LogP contribution in [0.4, 0.5) is 0 Å². The molecule has 2 aliphatic carbocycles. The van der Waals surface area contributed by atoms with Gasteiger partial charge < -0.3 is 14.8 Å². The van der Waals surface area contributed by atoms with Crippen molar-refractivity contribution in [1.29, 1.82) is 0 Å². The van der Waals surface area contributed by atoms with Crippen LogP contribution in [-0.2, 0) is 6.54 Å². The molecule has 0 saturated heterocycles. The van der Waals surface area contributed by atoms with Gasteiger partial charge in [0, 0.05) is 6.04 Å². The number of fused-ring (bicyclic) bond motifs is 2. The van der Waals surface area contributed by atoms with E-state index >= 15 is 0 Å². The van der Waals surface area contributed by atoms with E-state index in [1.54, 1.807) is 6.07 Å². The first kappa shape index (κ1) is 13.7. The number of carboxylic acid groups (broad SMARTS) is 1. The average Bonchev–Trinajstić information content (AvgIpc) is 2.98. The predicted molar refractivity (Wildman–Crippen MR) is 75.5 cm³/mol. The summed E-state index contributed by atoms with van der Waals surface area (Å²) in [5, 5.41) is 12.5. The van der Waals surface area contributed by atoms with Crippen LogP contribution in [0.25, 0.3) is 0 Å². The van der Waals surface area contributed by atoms with Crippen molar-refractivity contribution in [2.45, 2.75) is 52.6 Å².